The van der Waals surface area contributed by atoms with Crippen LogP contribution in [0.4, 0.5) is 26.3 Å². The summed E-state index contributed by atoms with van der Waals surface area (Å²) in [6.07, 6.45) is 7.10. The summed E-state index contributed by atoms with van der Waals surface area (Å²) in [5.41, 5.74) is 0.645. The highest BCUT2D eigenvalue weighted by Gasteiger charge is 2.36. The van der Waals surface area contributed by atoms with Gasteiger partial charge < -0.3 is 9.80 Å². The number of rotatable bonds is 10. The van der Waals surface area contributed by atoms with E-state index in [0.29, 0.717) is 71.9 Å². The van der Waals surface area contributed by atoms with Gasteiger partial charge in [0.25, 0.3) is 0 Å². The zero-order valence-electron chi connectivity index (χ0n) is 30.9. The minimum atomic E-state index is -4.37. The summed E-state index contributed by atoms with van der Waals surface area (Å²) in [5.74, 6) is 0.682. The number of Topliss-reactive ketones (excluding diaryl/α,β-unsaturated/α-hetero) is 2. The third-order valence-electron chi connectivity index (χ3n) is 12.1. The number of halogens is 6. The molecule has 4 fully saturated rings. The highest BCUT2D eigenvalue weighted by Crippen LogP contribution is 2.37. The fourth-order valence-electron chi connectivity index (χ4n) is 9.33. The Bertz CT molecular complexity index is 1380. The number of aryl methyl sites for hydroxylation is 2. The fourth-order valence-corrected chi connectivity index (χ4v) is 9.33. The van der Waals surface area contributed by atoms with E-state index in [-0.39, 0.29) is 11.6 Å². The molecule has 0 bridgehead atoms. The number of hydrogen-bond acceptors (Lipinski definition) is 4. The summed E-state index contributed by atoms with van der Waals surface area (Å²) in [6, 6.07) is 8.09. The van der Waals surface area contributed by atoms with Crippen molar-refractivity contribution in [2.45, 2.75) is 141 Å². The first-order chi connectivity index (χ1) is 24.8. The molecule has 4 atom stereocenters. The van der Waals surface area contributed by atoms with Gasteiger partial charge in [0.05, 0.1) is 11.1 Å². The van der Waals surface area contributed by atoms with E-state index >= 15 is 0 Å². The van der Waals surface area contributed by atoms with Crippen LogP contribution in [0.25, 0.3) is 0 Å². The Labute approximate surface area is 305 Å². The zero-order chi connectivity index (χ0) is 37.5. The molecule has 2 heterocycles. The third kappa shape index (κ3) is 10.3. The molecule has 0 aromatic heterocycles. The summed E-state index contributed by atoms with van der Waals surface area (Å²) in [5, 5.41) is 0. The molecule has 2 aromatic carbocycles. The lowest BCUT2D eigenvalue weighted by atomic mass is 9.79. The molecule has 0 radical (unpaired) electrons. The minimum absolute atomic E-state index is 0.00618. The van der Waals surface area contributed by atoms with E-state index in [1.54, 1.807) is 13.8 Å². The maximum atomic E-state index is 12.9. The van der Waals surface area contributed by atoms with Crippen LogP contribution in [0.2, 0.25) is 0 Å². The van der Waals surface area contributed by atoms with E-state index in [4.69, 9.17) is 0 Å². The number of alkyl halides is 6. The van der Waals surface area contributed by atoms with E-state index in [9.17, 15) is 35.9 Å². The van der Waals surface area contributed by atoms with Crippen LogP contribution in [0.3, 0.4) is 0 Å². The van der Waals surface area contributed by atoms with E-state index < -0.39 is 23.5 Å². The molecule has 2 aromatic rings. The quantitative estimate of drug-likeness (QED) is 0.180. The number of hydrogen-bond donors (Lipinski definition) is 0. The van der Waals surface area contributed by atoms with Gasteiger partial charge in [0, 0.05) is 36.1 Å². The topological polar surface area (TPSA) is 40.6 Å². The standard InChI is InChI=1S/2C21H28F3NO/c2*1-2-15-13-17(21(22,23)24)9-10-18(15)20(26)14-16-7-3-4-8-19(16)25-11-5-6-12-25/h2*9-10,13,16,19H,2-8,11-12,14H2,1H3/t2*16-,19-/m10/s1. The smallest absolute Gasteiger partial charge is 0.300 e. The Morgan fingerprint density at radius 3 is 1.23 bits per heavy atom. The molecule has 2 saturated carbocycles. The van der Waals surface area contributed by atoms with Crippen LogP contribution < -0.4 is 0 Å². The fraction of sp³-hybridized carbons (Fsp3) is 0.667. The zero-order valence-corrected chi connectivity index (χ0v) is 30.9. The molecule has 288 valence electrons. The van der Waals surface area contributed by atoms with Gasteiger partial charge in [0.2, 0.25) is 0 Å². The van der Waals surface area contributed by atoms with Crippen molar-refractivity contribution in [2.75, 3.05) is 26.2 Å². The van der Waals surface area contributed by atoms with E-state index in [2.05, 4.69) is 9.80 Å². The summed E-state index contributed by atoms with van der Waals surface area (Å²) < 4.78 is 77.7. The number of likely N-dealkylation sites (tertiary alicyclic amines) is 2. The van der Waals surface area contributed by atoms with Crippen LogP contribution in [0.5, 0.6) is 0 Å². The predicted octanol–water partition coefficient (Wildman–Crippen LogP) is 11.0. The molecule has 4 aliphatic rings. The Hall–Kier alpha value is -2.72. The normalized spacial score (nSPS) is 24.8. The van der Waals surface area contributed by atoms with Crippen LogP contribution in [-0.2, 0) is 25.2 Å². The van der Waals surface area contributed by atoms with Gasteiger partial charge >= 0.3 is 12.4 Å². The number of ketones is 2. The van der Waals surface area contributed by atoms with Crippen molar-refractivity contribution in [3.05, 3.63) is 69.8 Å². The Morgan fingerprint density at radius 1 is 0.558 bits per heavy atom. The minimum Gasteiger partial charge on any atom is -0.300 e. The van der Waals surface area contributed by atoms with Gasteiger partial charge in [-0.3, -0.25) is 9.59 Å². The summed E-state index contributed by atoms with van der Waals surface area (Å²) >= 11 is 0. The molecule has 52 heavy (non-hydrogen) atoms. The lowest BCUT2D eigenvalue weighted by Crippen LogP contribution is -2.41. The van der Waals surface area contributed by atoms with Gasteiger partial charge in [-0.05, 0) is 138 Å². The summed E-state index contributed by atoms with van der Waals surface area (Å²) in [6.45, 7) is 8.09. The van der Waals surface area contributed by atoms with Crippen molar-refractivity contribution in [3.63, 3.8) is 0 Å². The van der Waals surface area contributed by atoms with E-state index in [0.717, 1.165) is 89.0 Å². The third-order valence-corrected chi connectivity index (χ3v) is 12.1. The molecule has 6 rings (SSSR count). The first-order valence-electron chi connectivity index (χ1n) is 19.7. The number of carbonyl (C=O) groups is 2. The largest absolute Gasteiger partial charge is 0.416 e. The molecule has 2 aliphatic heterocycles. The van der Waals surface area contributed by atoms with Gasteiger partial charge in [-0.15, -0.1) is 0 Å². The van der Waals surface area contributed by atoms with Gasteiger partial charge in [-0.1, -0.05) is 51.7 Å². The molecule has 10 heteroatoms. The van der Waals surface area contributed by atoms with E-state index in [1.807, 2.05) is 0 Å². The maximum Gasteiger partial charge on any atom is 0.416 e. The monoisotopic (exact) mass is 734 g/mol. The first-order valence-corrected chi connectivity index (χ1v) is 19.7. The second-order valence-corrected chi connectivity index (χ2v) is 15.4. The van der Waals surface area contributed by atoms with Crippen LogP contribution in [0.1, 0.15) is 147 Å². The first kappa shape index (κ1) is 40.5. The number of nitrogens with zero attached hydrogens (tertiary/aromatic N) is 2. The Morgan fingerprint density at radius 2 is 0.904 bits per heavy atom. The molecular weight excluding hydrogens is 678 g/mol. The van der Waals surface area contributed by atoms with Gasteiger partial charge in [-0.25, -0.2) is 0 Å². The maximum absolute atomic E-state index is 12.9. The highest BCUT2D eigenvalue weighted by molar-refractivity contribution is 5.98. The van der Waals surface area contributed by atoms with Crippen molar-refractivity contribution in [1.82, 2.24) is 9.80 Å². The Kier molecular flexibility index (Phi) is 14.1. The van der Waals surface area contributed by atoms with Crippen molar-refractivity contribution in [2.24, 2.45) is 11.8 Å². The molecule has 4 nitrogen and oxygen atoms in total. The van der Waals surface area contributed by atoms with E-state index in [1.165, 1.54) is 50.7 Å². The number of carbonyl (C=O) groups excluding carboxylic acids is 2. The molecule has 0 amide bonds. The Balaban J connectivity index is 0.000000201. The van der Waals surface area contributed by atoms with Crippen molar-refractivity contribution in [3.8, 4) is 0 Å². The average Bonchev–Trinajstić information content (AvgIpc) is 3.87. The van der Waals surface area contributed by atoms with Gasteiger partial charge in [0.15, 0.2) is 11.6 Å². The van der Waals surface area contributed by atoms with Crippen LogP contribution in [0.15, 0.2) is 36.4 Å². The molecule has 0 unspecified atom stereocenters. The van der Waals surface area contributed by atoms with Crippen molar-refractivity contribution >= 4 is 11.6 Å². The van der Waals surface area contributed by atoms with Gasteiger partial charge in [-0.2, -0.15) is 26.3 Å². The SMILES string of the molecule is CCc1cc(C(F)(F)F)ccc1C(=O)C[C@@H]1CCCC[C@@H]1N1CCCC1.CCc1cc(C(F)(F)F)ccc1C(=O)C[C@H]1CCCC[C@H]1N1CCCC1. The molecule has 0 spiro atoms. The van der Waals surface area contributed by atoms with Crippen molar-refractivity contribution in [1.29, 1.82) is 0 Å². The lowest BCUT2D eigenvalue weighted by Gasteiger charge is -2.37. The number of benzene rings is 2. The lowest BCUT2D eigenvalue weighted by molar-refractivity contribution is -0.138. The van der Waals surface area contributed by atoms with Crippen LogP contribution in [0, 0.1) is 11.8 Å². The molecule has 0 N–H and O–H groups in total. The second kappa shape index (κ2) is 18.1. The molecular formula is C42H56F6N2O2. The second-order valence-electron chi connectivity index (χ2n) is 15.4. The average molecular weight is 735 g/mol. The van der Waals surface area contributed by atoms with Crippen LogP contribution >= 0.6 is 0 Å². The summed E-state index contributed by atoms with van der Waals surface area (Å²) in [7, 11) is 0. The van der Waals surface area contributed by atoms with Crippen molar-refractivity contribution < 1.29 is 35.9 Å². The van der Waals surface area contributed by atoms with Crippen LogP contribution in [-0.4, -0.2) is 59.6 Å². The highest BCUT2D eigenvalue weighted by atomic mass is 19.4. The van der Waals surface area contributed by atoms with Gasteiger partial charge in [0.1, 0.15) is 0 Å². The molecule has 2 saturated heterocycles. The predicted molar refractivity (Wildman–Crippen MR) is 193 cm³/mol. The molecule has 2 aliphatic carbocycles. The summed E-state index contributed by atoms with van der Waals surface area (Å²) in [4.78, 5) is 30.9.